The Morgan fingerprint density at radius 2 is 1.40 bits per heavy atom. The lowest BCUT2D eigenvalue weighted by Crippen LogP contribution is -2.46. The highest BCUT2D eigenvalue weighted by Gasteiger charge is 2.52. The van der Waals surface area contributed by atoms with Crippen LogP contribution in [0.4, 0.5) is 0 Å². The number of carbonyl (C=O) groups is 3. The second-order valence-corrected chi connectivity index (χ2v) is 2.83. The zero-order valence-corrected chi connectivity index (χ0v) is 9.16. The van der Waals surface area contributed by atoms with Gasteiger partial charge < -0.3 is 14.2 Å². The molecule has 0 aliphatic carbocycles. The fourth-order valence-corrected chi connectivity index (χ4v) is 0.934. The summed E-state index contributed by atoms with van der Waals surface area (Å²) in [6.07, 6.45) is 0. The van der Waals surface area contributed by atoms with Crippen molar-refractivity contribution in [3.8, 4) is 0 Å². The first-order valence-electron chi connectivity index (χ1n) is 4.29. The monoisotopic (exact) mass is 218 g/mol. The Kier molecular flexibility index (Phi) is 4.77. The fraction of sp³-hybridized carbons (Fsp3) is 0.667. The Labute approximate surface area is 87.5 Å². The minimum absolute atomic E-state index is 0.0579. The zero-order valence-electron chi connectivity index (χ0n) is 9.16. The van der Waals surface area contributed by atoms with Crippen LogP contribution in [0.2, 0.25) is 0 Å². The smallest absolute Gasteiger partial charge is 0.334 e. The lowest BCUT2D eigenvalue weighted by Gasteiger charge is -2.21. The van der Waals surface area contributed by atoms with Crippen molar-refractivity contribution in [2.24, 2.45) is 5.41 Å². The van der Waals surface area contributed by atoms with Gasteiger partial charge >= 0.3 is 17.9 Å². The Bertz CT molecular complexity index is 254. The Balaban J connectivity index is 5.10. The van der Waals surface area contributed by atoms with E-state index in [1.165, 1.54) is 0 Å². The lowest BCUT2D eigenvalue weighted by molar-refractivity contribution is -0.179. The summed E-state index contributed by atoms with van der Waals surface area (Å²) in [7, 11) is 2.14. The van der Waals surface area contributed by atoms with E-state index in [-0.39, 0.29) is 6.61 Å². The minimum Gasteiger partial charge on any atom is -0.468 e. The molecule has 0 saturated heterocycles. The van der Waals surface area contributed by atoms with Crippen molar-refractivity contribution in [3.63, 3.8) is 0 Å². The largest absolute Gasteiger partial charge is 0.468 e. The van der Waals surface area contributed by atoms with Gasteiger partial charge in [0.05, 0.1) is 20.8 Å². The number of methoxy groups -OCH3 is 2. The maximum atomic E-state index is 11.4. The van der Waals surface area contributed by atoms with Gasteiger partial charge in [-0.25, -0.2) is 0 Å². The summed E-state index contributed by atoms with van der Waals surface area (Å²) in [4.78, 5) is 34.1. The Hall–Kier alpha value is -1.59. The van der Waals surface area contributed by atoms with Gasteiger partial charge in [-0.15, -0.1) is 0 Å². The second kappa shape index (κ2) is 5.33. The molecule has 0 aromatic rings. The molecule has 0 N–H and O–H groups in total. The molecule has 0 saturated carbocycles. The van der Waals surface area contributed by atoms with Crippen LogP contribution in [0.5, 0.6) is 0 Å². The number of hydrogen-bond acceptors (Lipinski definition) is 6. The topological polar surface area (TPSA) is 78.9 Å². The third-order valence-electron chi connectivity index (χ3n) is 1.87. The predicted molar refractivity (Wildman–Crippen MR) is 48.8 cm³/mol. The number of carbonyl (C=O) groups excluding carboxylic acids is 3. The van der Waals surface area contributed by atoms with Crippen LogP contribution in [0.3, 0.4) is 0 Å². The van der Waals surface area contributed by atoms with E-state index in [1.54, 1.807) is 6.92 Å². The highest BCUT2D eigenvalue weighted by Crippen LogP contribution is 2.22. The van der Waals surface area contributed by atoms with Crippen molar-refractivity contribution in [2.75, 3.05) is 20.8 Å². The molecule has 0 bridgehead atoms. The van der Waals surface area contributed by atoms with E-state index in [0.29, 0.717) is 0 Å². The summed E-state index contributed by atoms with van der Waals surface area (Å²) in [6.45, 7) is 2.72. The number of ether oxygens (including phenoxy) is 3. The Morgan fingerprint density at radius 3 is 1.67 bits per heavy atom. The summed E-state index contributed by atoms with van der Waals surface area (Å²) >= 11 is 0. The molecule has 0 rings (SSSR count). The highest BCUT2D eigenvalue weighted by atomic mass is 16.6. The van der Waals surface area contributed by atoms with Crippen LogP contribution in [0.25, 0.3) is 0 Å². The maximum Gasteiger partial charge on any atom is 0.334 e. The average molecular weight is 218 g/mol. The molecule has 0 aromatic heterocycles. The van der Waals surface area contributed by atoms with E-state index in [0.717, 1.165) is 21.1 Å². The molecule has 0 spiro atoms. The molecule has 6 nitrogen and oxygen atoms in total. The molecule has 0 aliphatic rings. The summed E-state index contributed by atoms with van der Waals surface area (Å²) in [6, 6.07) is 0. The van der Waals surface area contributed by atoms with Gasteiger partial charge in [-0.05, 0) is 13.8 Å². The van der Waals surface area contributed by atoms with Crippen LogP contribution in [0.1, 0.15) is 13.8 Å². The molecule has 0 radical (unpaired) electrons. The SMILES string of the molecule is CCOC(=O)C(C)(C(=O)OC)C(=O)OC. The van der Waals surface area contributed by atoms with Gasteiger partial charge in [-0.3, -0.25) is 14.4 Å². The Morgan fingerprint density at radius 1 is 1.00 bits per heavy atom. The molecule has 0 fully saturated rings. The zero-order chi connectivity index (χ0) is 12.1. The van der Waals surface area contributed by atoms with Gasteiger partial charge in [0.15, 0.2) is 0 Å². The van der Waals surface area contributed by atoms with Crippen molar-refractivity contribution in [2.45, 2.75) is 13.8 Å². The molecular weight excluding hydrogens is 204 g/mol. The van der Waals surface area contributed by atoms with Gasteiger partial charge in [-0.1, -0.05) is 0 Å². The molecule has 0 aliphatic heterocycles. The lowest BCUT2D eigenvalue weighted by atomic mass is 9.91. The number of rotatable bonds is 4. The molecule has 0 amide bonds. The molecule has 0 atom stereocenters. The standard InChI is InChI=1S/C9H14O6/c1-5-15-8(12)9(2,6(10)13-3)7(11)14-4/h5H2,1-4H3. The van der Waals surface area contributed by atoms with Crippen LogP contribution in [0, 0.1) is 5.41 Å². The molecule has 15 heavy (non-hydrogen) atoms. The molecule has 6 heteroatoms. The quantitative estimate of drug-likeness (QED) is 0.372. The van der Waals surface area contributed by atoms with E-state index in [2.05, 4.69) is 14.2 Å². The van der Waals surface area contributed by atoms with E-state index < -0.39 is 23.3 Å². The molecule has 0 heterocycles. The first-order valence-corrected chi connectivity index (χ1v) is 4.29. The van der Waals surface area contributed by atoms with Crippen LogP contribution < -0.4 is 0 Å². The summed E-state index contributed by atoms with van der Waals surface area (Å²) < 4.78 is 13.3. The summed E-state index contributed by atoms with van der Waals surface area (Å²) in [5.74, 6) is -3.00. The molecule has 86 valence electrons. The summed E-state index contributed by atoms with van der Waals surface area (Å²) in [5, 5.41) is 0. The van der Waals surface area contributed by atoms with Gasteiger partial charge in [0.2, 0.25) is 0 Å². The third kappa shape index (κ3) is 2.45. The normalized spacial score (nSPS) is 10.4. The van der Waals surface area contributed by atoms with Crippen LogP contribution >= 0.6 is 0 Å². The van der Waals surface area contributed by atoms with Crippen LogP contribution in [-0.2, 0) is 28.6 Å². The first kappa shape index (κ1) is 13.4. The van der Waals surface area contributed by atoms with E-state index >= 15 is 0 Å². The van der Waals surface area contributed by atoms with E-state index in [9.17, 15) is 14.4 Å². The predicted octanol–water partition coefficient (Wildman–Crippen LogP) is -0.0982. The average Bonchev–Trinajstić information content (AvgIpc) is 2.25. The van der Waals surface area contributed by atoms with Crippen molar-refractivity contribution < 1.29 is 28.6 Å². The summed E-state index contributed by atoms with van der Waals surface area (Å²) in [5.41, 5.74) is -2.06. The number of hydrogen-bond donors (Lipinski definition) is 0. The highest BCUT2D eigenvalue weighted by molar-refractivity contribution is 6.17. The van der Waals surface area contributed by atoms with Gasteiger partial charge in [0.1, 0.15) is 0 Å². The maximum absolute atomic E-state index is 11.4. The van der Waals surface area contributed by atoms with Crippen molar-refractivity contribution in [3.05, 3.63) is 0 Å². The number of esters is 3. The molecule has 0 aromatic carbocycles. The van der Waals surface area contributed by atoms with Crippen molar-refractivity contribution >= 4 is 17.9 Å². The van der Waals surface area contributed by atoms with E-state index in [1.807, 2.05) is 0 Å². The first-order chi connectivity index (χ1) is 6.94. The minimum atomic E-state index is -2.06. The second-order valence-electron chi connectivity index (χ2n) is 2.83. The van der Waals surface area contributed by atoms with Gasteiger partial charge in [0.25, 0.3) is 5.41 Å². The van der Waals surface area contributed by atoms with Crippen LogP contribution in [-0.4, -0.2) is 38.7 Å². The van der Waals surface area contributed by atoms with Crippen molar-refractivity contribution in [1.82, 2.24) is 0 Å². The van der Waals surface area contributed by atoms with Gasteiger partial charge in [0, 0.05) is 0 Å². The molecule has 0 unspecified atom stereocenters. The van der Waals surface area contributed by atoms with Gasteiger partial charge in [-0.2, -0.15) is 0 Å². The van der Waals surface area contributed by atoms with Crippen molar-refractivity contribution in [1.29, 1.82) is 0 Å². The third-order valence-corrected chi connectivity index (χ3v) is 1.87. The molecular formula is C9H14O6. The fourth-order valence-electron chi connectivity index (χ4n) is 0.934. The van der Waals surface area contributed by atoms with Crippen LogP contribution in [0.15, 0.2) is 0 Å². The van der Waals surface area contributed by atoms with E-state index in [4.69, 9.17) is 0 Å².